The van der Waals surface area contributed by atoms with Gasteiger partial charge in [0.2, 0.25) is 0 Å². The van der Waals surface area contributed by atoms with E-state index in [1.807, 2.05) is 0 Å². The van der Waals surface area contributed by atoms with Crippen LogP contribution in [0.3, 0.4) is 0 Å². The molecule has 0 amide bonds. The number of fused-ring (bicyclic) bond motifs is 1. The molecule has 0 aliphatic heterocycles. The molecule has 2 aromatic rings. The average Bonchev–Trinajstić information content (AvgIpc) is 2.78. The Bertz CT molecular complexity index is 779. The monoisotopic (exact) mass is 434 g/mol. The van der Waals surface area contributed by atoms with Crippen molar-refractivity contribution in [2.75, 3.05) is 7.11 Å². The van der Waals surface area contributed by atoms with Crippen LogP contribution in [-0.4, -0.2) is 13.1 Å². The van der Waals surface area contributed by atoms with Crippen LogP contribution in [0.1, 0.15) is 15.2 Å². The summed E-state index contributed by atoms with van der Waals surface area (Å²) in [5.74, 6) is -0.640. The number of benzene rings is 1. The normalized spacial score (nSPS) is 11.6. The number of alkyl halides is 2. The van der Waals surface area contributed by atoms with Gasteiger partial charge >= 0.3 is 5.97 Å². The smallest absolute Gasteiger partial charge is 0.348 e. The number of halogens is 3. The van der Waals surface area contributed by atoms with Crippen LogP contribution < -0.4 is 22.1 Å². The van der Waals surface area contributed by atoms with Crippen molar-refractivity contribution in [2.45, 2.75) is 5.66 Å². The molecule has 1 aromatic heterocycles. The molecule has 2 rings (SSSR count). The summed E-state index contributed by atoms with van der Waals surface area (Å²) in [4.78, 5) is 33.0. The Balaban J connectivity index is 0.00000242. The summed E-state index contributed by atoms with van der Waals surface area (Å²) in [6.45, 7) is 0. The summed E-state index contributed by atoms with van der Waals surface area (Å²) in [5.41, 5.74) is -5.50. The molecule has 0 spiro atoms. The quantitative estimate of drug-likeness (QED) is 0.558. The molecule has 12 heteroatoms. The average molecular weight is 435 g/mol. The van der Waals surface area contributed by atoms with Gasteiger partial charge in [-0.2, -0.15) is 8.78 Å². The maximum Gasteiger partial charge on any atom is 0.348 e. The molecule has 0 saturated carbocycles. The molecule has 0 fully saturated rings. The van der Waals surface area contributed by atoms with E-state index in [1.54, 1.807) is 0 Å². The first-order chi connectivity index (χ1) is 9.57. The summed E-state index contributed by atoms with van der Waals surface area (Å²) in [6, 6.07) is 3.52. The largest absolute Gasteiger partial charge is 0.806 e. The standard InChI is InChI=1S/C11H8BrF2O5PS.2H3N/c1-19-10(15)9-3-5-2-7(12)6(4-8(5)21-9)11(13,14)20(16,17)18;;/h2-4H,1H3,(H2,16,17,18);2*1H3. The first kappa shape index (κ1) is 22.1. The first-order valence-corrected chi connectivity index (χ1v) is 8.45. The second-order valence-corrected chi connectivity index (χ2v) is 7.51. The minimum atomic E-state index is -6.16. The van der Waals surface area contributed by atoms with Gasteiger partial charge in [0.15, 0.2) is 0 Å². The molecule has 7 nitrogen and oxygen atoms in total. The number of quaternary nitrogens is 2. The molecule has 1 heterocycles. The molecule has 0 atom stereocenters. The van der Waals surface area contributed by atoms with Gasteiger partial charge < -0.3 is 31.4 Å². The van der Waals surface area contributed by atoms with E-state index < -0.39 is 24.8 Å². The molecular weight excluding hydrogens is 421 g/mol. The van der Waals surface area contributed by atoms with E-state index in [-0.39, 0.29) is 26.4 Å². The highest BCUT2D eigenvalue weighted by molar-refractivity contribution is 9.10. The third kappa shape index (κ3) is 3.94. The van der Waals surface area contributed by atoms with Gasteiger partial charge in [-0.25, -0.2) is 4.79 Å². The summed E-state index contributed by atoms with van der Waals surface area (Å²) < 4.78 is 42.6. The molecule has 0 aliphatic carbocycles. The number of methoxy groups -OCH3 is 1. The number of ether oxygens (including phenoxy) is 1. The Morgan fingerprint density at radius 2 is 1.87 bits per heavy atom. The molecule has 8 N–H and O–H groups in total. The molecule has 1 aromatic carbocycles. The van der Waals surface area contributed by atoms with Gasteiger partial charge in [-0.3, -0.25) is 0 Å². The van der Waals surface area contributed by atoms with E-state index in [0.717, 1.165) is 17.4 Å². The Kier molecular flexibility index (Phi) is 7.01. The molecule has 23 heavy (non-hydrogen) atoms. The Morgan fingerprint density at radius 3 is 2.35 bits per heavy atom. The topological polar surface area (TPSA) is 162 Å². The van der Waals surface area contributed by atoms with Crippen molar-refractivity contribution in [3.63, 3.8) is 0 Å². The van der Waals surface area contributed by atoms with Crippen molar-refractivity contribution in [3.8, 4) is 0 Å². The summed E-state index contributed by atoms with van der Waals surface area (Å²) in [6.07, 6.45) is 0. The number of hydrogen-bond donors (Lipinski definition) is 2. The fourth-order valence-corrected chi connectivity index (χ4v) is 3.88. The Labute approximate surface area is 142 Å². The minimum Gasteiger partial charge on any atom is -0.806 e. The minimum absolute atomic E-state index is 0. The lowest BCUT2D eigenvalue weighted by Gasteiger charge is -2.38. The van der Waals surface area contributed by atoms with E-state index in [9.17, 15) is 27.9 Å². The maximum absolute atomic E-state index is 13.7. The second-order valence-electron chi connectivity index (χ2n) is 4.01. The van der Waals surface area contributed by atoms with Crippen LogP contribution in [0, 0.1) is 0 Å². The Hall–Kier alpha value is -0.940. The van der Waals surface area contributed by atoms with Gasteiger partial charge in [0, 0.05) is 22.3 Å². The number of carbonyl (C=O) groups is 1. The molecule has 0 unspecified atom stereocenters. The van der Waals surface area contributed by atoms with Crippen molar-refractivity contribution in [2.24, 2.45) is 0 Å². The highest BCUT2D eigenvalue weighted by Crippen LogP contribution is 2.55. The van der Waals surface area contributed by atoms with Gasteiger partial charge in [0.05, 0.1) is 7.11 Å². The number of carbonyl (C=O) groups excluding carboxylic acids is 1. The predicted molar refractivity (Wildman–Crippen MR) is 84.3 cm³/mol. The lowest BCUT2D eigenvalue weighted by atomic mass is 10.2. The zero-order valence-corrected chi connectivity index (χ0v) is 15.6. The van der Waals surface area contributed by atoms with Gasteiger partial charge in [-0.05, 0) is 23.6 Å². The highest BCUT2D eigenvalue weighted by Gasteiger charge is 2.38. The molecule has 0 aliphatic rings. The fraction of sp³-hybridized carbons (Fsp3) is 0.182. The van der Waals surface area contributed by atoms with Gasteiger partial charge in [-0.15, -0.1) is 11.3 Å². The van der Waals surface area contributed by atoms with Crippen molar-refractivity contribution in [1.82, 2.24) is 12.3 Å². The van der Waals surface area contributed by atoms with Crippen LogP contribution in [-0.2, 0) is 15.0 Å². The van der Waals surface area contributed by atoms with Crippen molar-refractivity contribution in [1.29, 1.82) is 0 Å². The zero-order chi connectivity index (χ0) is 16.0. The second kappa shape index (κ2) is 7.31. The van der Waals surface area contributed by atoms with E-state index >= 15 is 0 Å². The van der Waals surface area contributed by atoms with Crippen molar-refractivity contribution >= 4 is 50.9 Å². The third-order valence-corrected chi connectivity index (χ3v) is 5.32. The van der Waals surface area contributed by atoms with Crippen molar-refractivity contribution < 1.29 is 32.7 Å². The number of esters is 1. The van der Waals surface area contributed by atoms with Crippen LogP contribution in [0.4, 0.5) is 8.78 Å². The van der Waals surface area contributed by atoms with Crippen LogP contribution in [0.2, 0.25) is 0 Å². The molecule has 0 bridgehead atoms. The maximum atomic E-state index is 13.7. The van der Waals surface area contributed by atoms with E-state index in [2.05, 4.69) is 20.7 Å². The van der Waals surface area contributed by atoms with Gasteiger partial charge in [0.1, 0.15) is 4.88 Å². The van der Waals surface area contributed by atoms with Crippen LogP contribution >= 0.6 is 34.9 Å². The van der Waals surface area contributed by atoms with Crippen LogP contribution in [0.5, 0.6) is 0 Å². The lowest BCUT2D eigenvalue weighted by Crippen LogP contribution is -2.30. The molecule has 130 valence electrons. The Morgan fingerprint density at radius 1 is 1.30 bits per heavy atom. The van der Waals surface area contributed by atoms with Crippen molar-refractivity contribution in [3.05, 3.63) is 33.1 Å². The molecule has 0 saturated heterocycles. The predicted octanol–water partition coefficient (Wildman–Crippen LogP) is 3.17. The highest BCUT2D eigenvalue weighted by atomic mass is 79.9. The van der Waals surface area contributed by atoms with Gasteiger partial charge in [-0.1, -0.05) is 15.9 Å². The fourth-order valence-electron chi connectivity index (χ4n) is 1.64. The van der Waals surface area contributed by atoms with Crippen LogP contribution in [0.15, 0.2) is 22.7 Å². The third-order valence-electron chi connectivity index (χ3n) is 2.66. The van der Waals surface area contributed by atoms with E-state index in [1.165, 1.54) is 19.2 Å². The number of thiophene rings is 1. The lowest BCUT2D eigenvalue weighted by molar-refractivity contribution is -0.335. The number of hydrogen-bond acceptors (Lipinski definition) is 6. The van der Waals surface area contributed by atoms with E-state index in [4.69, 9.17) is 0 Å². The summed E-state index contributed by atoms with van der Waals surface area (Å²) in [7, 11) is -4.99. The van der Waals surface area contributed by atoms with E-state index in [0.29, 0.717) is 5.39 Å². The zero-order valence-electron chi connectivity index (χ0n) is 12.3. The molecule has 0 radical (unpaired) electrons. The number of rotatable bonds is 3. The van der Waals surface area contributed by atoms with Crippen LogP contribution in [0.25, 0.3) is 10.1 Å². The summed E-state index contributed by atoms with van der Waals surface area (Å²) >= 11 is 3.68. The van der Waals surface area contributed by atoms with Gasteiger partial charge in [0.25, 0.3) is 5.66 Å². The summed E-state index contributed by atoms with van der Waals surface area (Å²) in [5, 5.41) is 0.443. The SMILES string of the molecule is COC(=O)c1cc2cc(Br)c(C(F)(F)P(=O)([O-])[O-])cc2s1.[NH4+].[NH4+]. The first-order valence-electron chi connectivity index (χ1n) is 5.30. The molecular formula is C11H14BrF2N2O5PS.